The maximum atomic E-state index is 12.8. The summed E-state index contributed by atoms with van der Waals surface area (Å²) in [5.41, 5.74) is 0.245. The van der Waals surface area contributed by atoms with Crippen LogP contribution in [0.3, 0.4) is 0 Å². The van der Waals surface area contributed by atoms with E-state index in [1.54, 1.807) is 6.07 Å². The molecule has 1 N–H and O–H groups in total. The molecule has 0 bridgehead atoms. The van der Waals surface area contributed by atoms with Gasteiger partial charge in [0.25, 0.3) is 0 Å². The first-order valence-corrected chi connectivity index (χ1v) is 11.8. The van der Waals surface area contributed by atoms with E-state index < -0.39 is 21.9 Å². The maximum absolute atomic E-state index is 12.8. The van der Waals surface area contributed by atoms with Crippen molar-refractivity contribution in [3.05, 3.63) is 29.8 Å². The lowest BCUT2D eigenvalue weighted by Gasteiger charge is -2.26. The minimum absolute atomic E-state index is 0.0596. The van der Waals surface area contributed by atoms with Crippen LogP contribution in [-0.2, 0) is 19.6 Å². The van der Waals surface area contributed by atoms with Crippen LogP contribution in [0.15, 0.2) is 29.2 Å². The van der Waals surface area contributed by atoms with Crippen molar-refractivity contribution in [3.8, 4) is 0 Å². The summed E-state index contributed by atoms with van der Waals surface area (Å²) >= 11 is 0. The number of benzene rings is 1. The average Bonchev–Trinajstić information content (AvgIpc) is 2.74. The second-order valence-electron chi connectivity index (χ2n) is 7.95. The molecule has 1 saturated heterocycles. The molecule has 0 amide bonds. The van der Waals surface area contributed by atoms with Crippen molar-refractivity contribution in [3.63, 3.8) is 0 Å². The van der Waals surface area contributed by atoms with Crippen LogP contribution < -0.4 is 0 Å². The normalized spacial score (nSPS) is 20.3. The van der Waals surface area contributed by atoms with E-state index >= 15 is 0 Å². The average molecular weight is 424 g/mol. The molecule has 1 saturated carbocycles. The van der Waals surface area contributed by atoms with E-state index in [9.17, 15) is 23.1 Å². The number of carboxylic acids is 1. The zero-order chi connectivity index (χ0) is 20.9. The van der Waals surface area contributed by atoms with Crippen LogP contribution in [0, 0.1) is 11.8 Å². The first kappa shape index (κ1) is 21.9. The van der Waals surface area contributed by atoms with Gasteiger partial charge in [0.2, 0.25) is 10.0 Å². The fraction of sp³-hybridized carbons (Fsp3) is 0.619. The maximum Gasteiger partial charge on any atom is 0.306 e. The molecule has 1 aliphatic carbocycles. The van der Waals surface area contributed by atoms with E-state index in [0.717, 1.165) is 25.7 Å². The number of ketones is 1. The van der Waals surface area contributed by atoms with E-state index in [0.29, 0.717) is 25.6 Å². The Bertz CT molecular complexity index is 825. The number of sulfonamides is 1. The first-order chi connectivity index (χ1) is 13.9. The van der Waals surface area contributed by atoms with Crippen molar-refractivity contribution in [1.29, 1.82) is 0 Å². The standard InChI is InChI=1S/C21H29NO6S/c23-20(15-18(21(24)25)13-16-5-2-1-3-6-16)17-7-4-8-19(14-17)29(26,27)22-9-11-28-12-10-22/h4,7-8,14,16,18H,1-3,5-6,9-13,15H2,(H,24,25). The Labute approximate surface area is 172 Å². The minimum Gasteiger partial charge on any atom is -0.481 e. The third-order valence-electron chi connectivity index (χ3n) is 5.89. The molecule has 1 unspecified atom stereocenters. The van der Waals surface area contributed by atoms with Gasteiger partial charge in [0.05, 0.1) is 24.0 Å². The van der Waals surface area contributed by atoms with Crippen LogP contribution in [0.4, 0.5) is 0 Å². The number of carbonyl (C=O) groups is 2. The molecule has 0 aromatic heterocycles. The molecule has 160 valence electrons. The van der Waals surface area contributed by atoms with Gasteiger partial charge in [-0.15, -0.1) is 0 Å². The Morgan fingerprint density at radius 2 is 1.83 bits per heavy atom. The highest BCUT2D eigenvalue weighted by atomic mass is 32.2. The van der Waals surface area contributed by atoms with Crippen LogP contribution >= 0.6 is 0 Å². The van der Waals surface area contributed by atoms with Gasteiger partial charge in [0, 0.05) is 25.1 Å². The van der Waals surface area contributed by atoms with Crippen molar-refractivity contribution in [2.24, 2.45) is 11.8 Å². The van der Waals surface area contributed by atoms with Crippen molar-refractivity contribution in [1.82, 2.24) is 4.31 Å². The summed E-state index contributed by atoms with van der Waals surface area (Å²) in [6.07, 6.45) is 5.87. The summed E-state index contributed by atoms with van der Waals surface area (Å²) in [5.74, 6) is -1.66. The van der Waals surface area contributed by atoms with E-state index in [-0.39, 0.29) is 35.8 Å². The van der Waals surface area contributed by atoms with Crippen LogP contribution in [-0.4, -0.2) is 55.9 Å². The number of Topliss-reactive ketones (excluding diaryl/α,β-unsaturated/α-hetero) is 1. The Balaban J connectivity index is 1.71. The zero-order valence-corrected chi connectivity index (χ0v) is 17.4. The smallest absolute Gasteiger partial charge is 0.306 e. The van der Waals surface area contributed by atoms with E-state index in [1.165, 1.54) is 28.9 Å². The summed E-state index contributed by atoms with van der Waals surface area (Å²) in [6, 6.07) is 5.93. The third-order valence-corrected chi connectivity index (χ3v) is 7.78. The monoisotopic (exact) mass is 423 g/mol. The van der Waals surface area contributed by atoms with Gasteiger partial charge in [-0.1, -0.05) is 44.2 Å². The van der Waals surface area contributed by atoms with Crippen molar-refractivity contribution >= 4 is 21.8 Å². The van der Waals surface area contributed by atoms with Gasteiger partial charge < -0.3 is 9.84 Å². The van der Waals surface area contributed by atoms with Crippen molar-refractivity contribution in [2.45, 2.75) is 49.8 Å². The molecule has 7 nitrogen and oxygen atoms in total. The zero-order valence-electron chi connectivity index (χ0n) is 16.6. The van der Waals surface area contributed by atoms with Crippen molar-refractivity contribution in [2.75, 3.05) is 26.3 Å². The molecule has 1 heterocycles. The second-order valence-corrected chi connectivity index (χ2v) is 9.88. The number of ether oxygens (including phenoxy) is 1. The molecule has 1 aliphatic heterocycles. The lowest BCUT2D eigenvalue weighted by atomic mass is 9.81. The molecule has 3 rings (SSSR count). The predicted octanol–water partition coefficient (Wildman–Crippen LogP) is 2.95. The predicted molar refractivity (Wildman–Crippen MR) is 107 cm³/mol. The molecule has 0 spiro atoms. The lowest BCUT2D eigenvalue weighted by Crippen LogP contribution is -2.40. The molecule has 1 aromatic rings. The number of hydrogen-bond donors (Lipinski definition) is 1. The van der Waals surface area contributed by atoms with Gasteiger partial charge in [-0.3, -0.25) is 9.59 Å². The van der Waals surface area contributed by atoms with Crippen LogP contribution in [0.1, 0.15) is 55.3 Å². The number of hydrogen-bond acceptors (Lipinski definition) is 5. The van der Waals surface area contributed by atoms with Crippen LogP contribution in [0.25, 0.3) is 0 Å². The summed E-state index contributed by atoms with van der Waals surface area (Å²) in [5, 5.41) is 9.59. The molecular weight excluding hydrogens is 394 g/mol. The molecule has 2 fully saturated rings. The molecule has 1 aromatic carbocycles. The Morgan fingerprint density at radius 3 is 2.48 bits per heavy atom. The van der Waals surface area contributed by atoms with Gasteiger partial charge >= 0.3 is 5.97 Å². The number of rotatable bonds is 8. The molecule has 2 aliphatic rings. The van der Waals surface area contributed by atoms with Crippen molar-refractivity contribution < 1.29 is 27.9 Å². The third kappa shape index (κ3) is 5.65. The van der Waals surface area contributed by atoms with E-state index in [1.807, 2.05) is 0 Å². The number of nitrogens with zero attached hydrogens (tertiary/aromatic N) is 1. The summed E-state index contributed by atoms with van der Waals surface area (Å²) < 4.78 is 32.2. The topological polar surface area (TPSA) is 101 Å². The van der Waals surface area contributed by atoms with E-state index in [2.05, 4.69) is 0 Å². The largest absolute Gasteiger partial charge is 0.481 e. The number of carboxylic acid groups (broad SMARTS) is 1. The van der Waals surface area contributed by atoms with Gasteiger partial charge in [-0.25, -0.2) is 8.42 Å². The Hall–Kier alpha value is -1.77. The molecular formula is C21H29NO6S. The summed E-state index contributed by atoms with van der Waals surface area (Å²) in [4.78, 5) is 24.5. The fourth-order valence-corrected chi connectivity index (χ4v) is 5.66. The Morgan fingerprint density at radius 1 is 1.14 bits per heavy atom. The molecule has 8 heteroatoms. The summed E-state index contributed by atoms with van der Waals surface area (Å²) in [6.45, 7) is 1.25. The number of morpholine rings is 1. The Kier molecular flexibility index (Phi) is 7.43. The number of aliphatic carboxylic acids is 1. The van der Waals surface area contributed by atoms with Gasteiger partial charge in [0.1, 0.15) is 0 Å². The lowest BCUT2D eigenvalue weighted by molar-refractivity contribution is -0.142. The SMILES string of the molecule is O=C(CC(CC1CCCCC1)C(=O)O)c1cccc(S(=O)(=O)N2CCOCC2)c1. The fourth-order valence-electron chi connectivity index (χ4n) is 4.20. The molecule has 0 radical (unpaired) electrons. The van der Waals surface area contributed by atoms with E-state index in [4.69, 9.17) is 4.74 Å². The van der Waals surface area contributed by atoms with Gasteiger partial charge in [-0.05, 0) is 24.5 Å². The molecule has 29 heavy (non-hydrogen) atoms. The van der Waals surface area contributed by atoms with Crippen LogP contribution in [0.2, 0.25) is 0 Å². The summed E-state index contributed by atoms with van der Waals surface area (Å²) in [7, 11) is -3.70. The van der Waals surface area contributed by atoms with Crippen LogP contribution in [0.5, 0.6) is 0 Å². The molecule has 1 atom stereocenters. The highest BCUT2D eigenvalue weighted by molar-refractivity contribution is 7.89. The quantitative estimate of drug-likeness (QED) is 0.645. The first-order valence-electron chi connectivity index (χ1n) is 10.3. The van der Waals surface area contributed by atoms with Gasteiger partial charge in [-0.2, -0.15) is 4.31 Å². The highest BCUT2D eigenvalue weighted by Crippen LogP contribution is 2.31. The second kappa shape index (κ2) is 9.82. The number of carbonyl (C=O) groups excluding carboxylic acids is 1. The van der Waals surface area contributed by atoms with Gasteiger partial charge in [0.15, 0.2) is 5.78 Å². The minimum atomic E-state index is -3.70. The highest BCUT2D eigenvalue weighted by Gasteiger charge is 2.29.